The van der Waals surface area contributed by atoms with Gasteiger partial charge in [-0.05, 0) is 49.7 Å². The molecular weight excluding hydrogens is 404 g/mol. The second kappa shape index (κ2) is 7.01. The number of nitrogens with one attached hydrogen (secondary N) is 1. The van der Waals surface area contributed by atoms with E-state index in [1.165, 1.54) is 12.1 Å². The number of rotatable bonds is 5. The van der Waals surface area contributed by atoms with Gasteiger partial charge in [-0.25, -0.2) is 8.42 Å². The van der Waals surface area contributed by atoms with Crippen LogP contribution in [0, 0.1) is 6.92 Å². The highest BCUT2D eigenvalue weighted by Gasteiger charge is 2.28. The lowest BCUT2D eigenvalue weighted by Gasteiger charge is -2.04. The molecule has 1 aromatic heterocycles. The van der Waals surface area contributed by atoms with Crippen LogP contribution in [0.3, 0.4) is 0 Å². The van der Waals surface area contributed by atoms with Gasteiger partial charge in [-0.1, -0.05) is 34.1 Å². The van der Waals surface area contributed by atoms with Crippen LogP contribution in [-0.2, 0) is 9.84 Å². The summed E-state index contributed by atoms with van der Waals surface area (Å²) >= 11 is 3.31. The summed E-state index contributed by atoms with van der Waals surface area (Å²) in [6, 6.07) is 14.0. The molecule has 0 aliphatic heterocycles. The van der Waals surface area contributed by atoms with Crippen LogP contribution >= 0.6 is 15.9 Å². The normalized spacial score (nSPS) is 11.5. The number of sulfone groups is 1. The Morgan fingerprint density at radius 3 is 2.44 bits per heavy atom. The minimum atomic E-state index is -3.80. The smallest absolute Gasteiger partial charge is 0.233 e. The fourth-order valence-corrected chi connectivity index (χ4v) is 3.96. The highest BCUT2D eigenvalue weighted by molar-refractivity contribution is 9.10. The van der Waals surface area contributed by atoms with Crippen molar-refractivity contribution in [2.75, 3.05) is 11.9 Å². The van der Waals surface area contributed by atoms with Crippen molar-refractivity contribution in [2.45, 2.75) is 23.8 Å². The number of hydrogen-bond donors (Lipinski definition) is 1. The summed E-state index contributed by atoms with van der Waals surface area (Å²) in [6.07, 6.45) is 0. The summed E-state index contributed by atoms with van der Waals surface area (Å²) in [5.41, 5.74) is 1.72. The van der Waals surface area contributed by atoms with Gasteiger partial charge in [0.2, 0.25) is 26.6 Å². The molecule has 2 aromatic carbocycles. The first-order valence-corrected chi connectivity index (χ1v) is 10.0. The summed E-state index contributed by atoms with van der Waals surface area (Å²) in [7, 11) is -3.80. The third-order valence-corrected chi connectivity index (χ3v) is 5.89. The fourth-order valence-electron chi connectivity index (χ4n) is 2.41. The van der Waals surface area contributed by atoms with Gasteiger partial charge in [0.1, 0.15) is 0 Å². The molecule has 1 N–H and O–H groups in total. The first-order chi connectivity index (χ1) is 11.9. The Balaban J connectivity index is 2.15. The van der Waals surface area contributed by atoms with E-state index in [-0.39, 0.29) is 21.7 Å². The Kier molecular flexibility index (Phi) is 4.96. The van der Waals surface area contributed by atoms with Crippen LogP contribution < -0.4 is 5.32 Å². The SMILES string of the molecule is CCNc1oc(-c2ccccc2C)nc1S(=O)(=O)c1ccc(Br)cc1. The van der Waals surface area contributed by atoms with E-state index >= 15 is 0 Å². The highest BCUT2D eigenvalue weighted by atomic mass is 79.9. The Hall–Kier alpha value is -2.12. The average molecular weight is 421 g/mol. The van der Waals surface area contributed by atoms with Gasteiger partial charge in [0.05, 0.1) is 4.90 Å². The van der Waals surface area contributed by atoms with Crippen LogP contribution in [0.4, 0.5) is 5.88 Å². The molecule has 0 atom stereocenters. The minimum absolute atomic E-state index is 0.102. The Morgan fingerprint density at radius 1 is 1.12 bits per heavy atom. The summed E-state index contributed by atoms with van der Waals surface area (Å²) in [4.78, 5) is 4.47. The molecule has 0 aliphatic carbocycles. The maximum absolute atomic E-state index is 13.0. The number of halogens is 1. The maximum Gasteiger partial charge on any atom is 0.233 e. The standard InChI is InChI=1S/C18H17BrN2O3S/c1-3-20-17-18(25(22,23)14-10-8-13(19)9-11-14)21-16(24-17)15-7-5-4-6-12(15)2/h4-11,20H,3H2,1-2H3. The van der Waals surface area contributed by atoms with E-state index < -0.39 is 9.84 Å². The third kappa shape index (κ3) is 3.48. The molecule has 0 amide bonds. The molecule has 3 aromatic rings. The predicted octanol–water partition coefficient (Wildman–Crippen LogP) is 4.68. The second-order valence-corrected chi connectivity index (χ2v) is 8.24. The number of aromatic nitrogens is 1. The topological polar surface area (TPSA) is 72.2 Å². The summed E-state index contributed by atoms with van der Waals surface area (Å²) < 4.78 is 32.5. The molecule has 0 spiro atoms. The quantitative estimate of drug-likeness (QED) is 0.648. The first-order valence-electron chi connectivity index (χ1n) is 7.75. The zero-order valence-corrected chi connectivity index (χ0v) is 16.2. The van der Waals surface area contributed by atoms with E-state index in [0.717, 1.165) is 15.6 Å². The number of nitrogens with zero attached hydrogens (tertiary/aromatic N) is 1. The number of oxazole rings is 1. The lowest BCUT2D eigenvalue weighted by molar-refractivity contribution is 0.578. The summed E-state index contributed by atoms with van der Waals surface area (Å²) in [5.74, 6) is 0.438. The van der Waals surface area contributed by atoms with Gasteiger partial charge in [0, 0.05) is 16.6 Å². The van der Waals surface area contributed by atoms with E-state index in [2.05, 4.69) is 26.2 Å². The van der Waals surface area contributed by atoms with Crippen LogP contribution in [-0.4, -0.2) is 19.9 Å². The molecule has 0 fully saturated rings. The van der Waals surface area contributed by atoms with Crippen LogP contribution in [0.1, 0.15) is 12.5 Å². The number of benzene rings is 2. The van der Waals surface area contributed by atoms with Gasteiger partial charge in [0.15, 0.2) is 0 Å². The van der Waals surface area contributed by atoms with Gasteiger partial charge in [0.25, 0.3) is 0 Å². The monoisotopic (exact) mass is 420 g/mol. The van der Waals surface area contributed by atoms with E-state index in [0.29, 0.717) is 6.54 Å². The largest absolute Gasteiger partial charge is 0.419 e. The third-order valence-electron chi connectivity index (χ3n) is 3.69. The lowest BCUT2D eigenvalue weighted by atomic mass is 10.1. The first kappa shape index (κ1) is 17.7. The van der Waals surface area contributed by atoms with E-state index in [1.54, 1.807) is 12.1 Å². The van der Waals surface area contributed by atoms with Crippen molar-refractivity contribution in [1.82, 2.24) is 4.98 Å². The molecule has 7 heteroatoms. The summed E-state index contributed by atoms with van der Waals surface area (Å²) in [5, 5.41) is 2.85. The van der Waals surface area contributed by atoms with Gasteiger partial charge in [-0.2, -0.15) is 4.98 Å². The van der Waals surface area contributed by atoms with Gasteiger partial charge >= 0.3 is 0 Å². The van der Waals surface area contributed by atoms with Crippen molar-refractivity contribution in [3.05, 3.63) is 58.6 Å². The highest BCUT2D eigenvalue weighted by Crippen LogP contribution is 2.33. The van der Waals surface area contributed by atoms with Gasteiger partial charge < -0.3 is 9.73 Å². The molecule has 130 valence electrons. The molecule has 25 heavy (non-hydrogen) atoms. The van der Waals surface area contributed by atoms with Crippen LogP contribution in [0.2, 0.25) is 0 Å². The van der Waals surface area contributed by atoms with Crippen LogP contribution in [0.25, 0.3) is 11.5 Å². The molecule has 0 bridgehead atoms. The van der Waals surface area contributed by atoms with Crippen molar-refractivity contribution >= 4 is 31.7 Å². The van der Waals surface area contributed by atoms with Crippen LogP contribution in [0.15, 0.2) is 67.3 Å². The second-order valence-electron chi connectivity index (χ2n) is 5.46. The molecule has 0 unspecified atom stereocenters. The van der Waals surface area contributed by atoms with Crippen molar-refractivity contribution < 1.29 is 12.8 Å². The van der Waals surface area contributed by atoms with E-state index in [1.807, 2.05) is 38.1 Å². The van der Waals surface area contributed by atoms with Gasteiger partial charge in [-0.3, -0.25) is 0 Å². The minimum Gasteiger partial charge on any atom is -0.419 e. The average Bonchev–Trinajstić information content (AvgIpc) is 3.00. The Morgan fingerprint density at radius 2 is 1.80 bits per heavy atom. The Labute approximate surface area is 155 Å². The molecule has 1 heterocycles. The zero-order chi connectivity index (χ0) is 18.0. The molecule has 5 nitrogen and oxygen atoms in total. The Bertz CT molecular complexity index is 995. The van der Waals surface area contributed by atoms with E-state index in [9.17, 15) is 8.42 Å². The number of aryl methyl sites for hydroxylation is 1. The predicted molar refractivity (Wildman–Crippen MR) is 100 cm³/mol. The molecule has 0 saturated heterocycles. The molecule has 3 rings (SSSR count). The van der Waals surface area contributed by atoms with E-state index in [4.69, 9.17) is 4.42 Å². The number of anilines is 1. The fraction of sp³-hybridized carbons (Fsp3) is 0.167. The number of hydrogen-bond acceptors (Lipinski definition) is 5. The molecule has 0 saturated carbocycles. The zero-order valence-electron chi connectivity index (χ0n) is 13.8. The lowest BCUT2D eigenvalue weighted by Crippen LogP contribution is -2.07. The molecule has 0 aliphatic rings. The van der Waals surface area contributed by atoms with Gasteiger partial charge in [-0.15, -0.1) is 0 Å². The van der Waals surface area contributed by atoms with Crippen molar-refractivity contribution in [3.63, 3.8) is 0 Å². The van der Waals surface area contributed by atoms with Crippen molar-refractivity contribution in [1.29, 1.82) is 0 Å². The van der Waals surface area contributed by atoms with Crippen molar-refractivity contribution in [2.24, 2.45) is 0 Å². The molecular formula is C18H17BrN2O3S. The molecule has 0 radical (unpaired) electrons. The maximum atomic E-state index is 13.0. The van der Waals surface area contributed by atoms with Crippen LogP contribution in [0.5, 0.6) is 0 Å². The summed E-state index contributed by atoms with van der Waals surface area (Å²) in [6.45, 7) is 4.31. The van der Waals surface area contributed by atoms with Crippen molar-refractivity contribution in [3.8, 4) is 11.5 Å².